The van der Waals surface area contributed by atoms with E-state index in [1.54, 1.807) is 12.1 Å². The minimum atomic E-state index is 0.0314. The summed E-state index contributed by atoms with van der Waals surface area (Å²) in [5.41, 5.74) is 1.42. The van der Waals surface area contributed by atoms with Crippen molar-refractivity contribution in [2.75, 3.05) is 13.1 Å². The summed E-state index contributed by atoms with van der Waals surface area (Å²) in [6.45, 7) is 1.32. The SMILES string of the molecule is O=C(c1ccc(Cl)s1)N1CCC(n2cc(-c3nc(-c4ccccc4)no3)nn2)CC1. The molecule has 4 aromatic rings. The maximum Gasteiger partial charge on any atom is 0.280 e. The fourth-order valence-corrected chi connectivity index (χ4v) is 4.51. The topological polar surface area (TPSA) is 89.9 Å². The number of likely N-dealkylation sites (tertiary alicyclic amines) is 1. The number of halogens is 1. The molecule has 1 fully saturated rings. The summed E-state index contributed by atoms with van der Waals surface area (Å²) in [6.07, 6.45) is 3.42. The summed E-state index contributed by atoms with van der Waals surface area (Å²) in [4.78, 5) is 19.5. The second-order valence-electron chi connectivity index (χ2n) is 7.00. The van der Waals surface area contributed by atoms with Crippen LogP contribution in [0.2, 0.25) is 4.34 Å². The first-order valence-corrected chi connectivity index (χ1v) is 10.7. The van der Waals surface area contributed by atoms with Gasteiger partial charge in [-0.3, -0.25) is 4.79 Å². The first-order valence-electron chi connectivity index (χ1n) is 9.53. The van der Waals surface area contributed by atoms with E-state index in [2.05, 4.69) is 20.5 Å². The highest BCUT2D eigenvalue weighted by molar-refractivity contribution is 7.17. The molecule has 0 radical (unpaired) electrons. The molecule has 1 saturated heterocycles. The molecule has 0 spiro atoms. The molecular weight excluding hydrogens is 424 g/mol. The lowest BCUT2D eigenvalue weighted by Crippen LogP contribution is -2.38. The molecule has 1 aliphatic rings. The zero-order chi connectivity index (χ0) is 20.5. The van der Waals surface area contributed by atoms with E-state index in [0.29, 0.717) is 39.7 Å². The molecule has 5 rings (SSSR count). The number of nitrogens with zero attached hydrogens (tertiary/aromatic N) is 6. The molecule has 8 nitrogen and oxygen atoms in total. The van der Waals surface area contributed by atoms with Gasteiger partial charge in [0.25, 0.3) is 11.8 Å². The van der Waals surface area contributed by atoms with Crippen molar-refractivity contribution in [2.24, 2.45) is 0 Å². The van der Waals surface area contributed by atoms with Crippen LogP contribution >= 0.6 is 22.9 Å². The van der Waals surface area contributed by atoms with Crippen LogP contribution in [0.1, 0.15) is 28.6 Å². The molecule has 0 atom stereocenters. The van der Waals surface area contributed by atoms with Crippen molar-refractivity contribution >= 4 is 28.8 Å². The first-order chi connectivity index (χ1) is 14.7. The van der Waals surface area contributed by atoms with Crippen molar-refractivity contribution in [3.63, 3.8) is 0 Å². The van der Waals surface area contributed by atoms with E-state index >= 15 is 0 Å². The Labute approximate surface area is 181 Å². The highest BCUT2D eigenvalue weighted by Crippen LogP contribution is 2.28. The van der Waals surface area contributed by atoms with E-state index in [1.165, 1.54) is 11.3 Å². The number of thiophene rings is 1. The predicted octanol–water partition coefficient (Wildman–Crippen LogP) is 4.19. The third-order valence-electron chi connectivity index (χ3n) is 5.10. The Bertz CT molecular complexity index is 1160. The lowest BCUT2D eigenvalue weighted by Gasteiger charge is -2.31. The summed E-state index contributed by atoms with van der Waals surface area (Å²) >= 11 is 7.26. The Hall–Kier alpha value is -3.04. The van der Waals surface area contributed by atoms with Crippen LogP contribution in [-0.4, -0.2) is 49.0 Å². The van der Waals surface area contributed by atoms with Crippen molar-refractivity contribution in [3.8, 4) is 23.0 Å². The average Bonchev–Trinajstić information content (AvgIpc) is 3.54. The Kier molecular flexibility index (Phi) is 5.06. The Morgan fingerprint density at radius 3 is 2.67 bits per heavy atom. The summed E-state index contributed by atoms with van der Waals surface area (Å²) in [7, 11) is 0. The van der Waals surface area contributed by atoms with Crippen LogP contribution in [0.15, 0.2) is 53.2 Å². The van der Waals surface area contributed by atoms with Crippen LogP contribution < -0.4 is 0 Å². The van der Waals surface area contributed by atoms with Crippen LogP contribution in [0.5, 0.6) is 0 Å². The van der Waals surface area contributed by atoms with Crippen molar-refractivity contribution in [1.82, 2.24) is 30.0 Å². The summed E-state index contributed by atoms with van der Waals surface area (Å²) < 4.78 is 7.82. The predicted molar refractivity (Wildman–Crippen MR) is 112 cm³/mol. The molecule has 0 unspecified atom stereocenters. The van der Waals surface area contributed by atoms with Gasteiger partial charge in [-0.25, -0.2) is 4.68 Å². The van der Waals surface area contributed by atoms with Gasteiger partial charge in [-0.1, -0.05) is 52.3 Å². The molecule has 152 valence electrons. The van der Waals surface area contributed by atoms with E-state index in [0.717, 1.165) is 18.4 Å². The summed E-state index contributed by atoms with van der Waals surface area (Å²) in [5.74, 6) is 0.881. The van der Waals surface area contributed by atoms with Gasteiger partial charge in [-0.2, -0.15) is 4.98 Å². The normalized spacial score (nSPS) is 14.9. The fourth-order valence-electron chi connectivity index (χ4n) is 3.50. The lowest BCUT2D eigenvalue weighted by atomic mass is 10.1. The summed E-state index contributed by atoms with van der Waals surface area (Å²) in [5, 5.41) is 12.5. The molecule has 4 heterocycles. The minimum absolute atomic E-state index is 0.0314. The molecule has 1 aromatic carbocycles. The van der Waals surface area contributed by atoms with Crippen LogP contribution in [0.4, 0.5) is 0 Å². The number of amides is 1. The third-order valence-corrected chi connectivity index (χ3v) is 6.32. The smallest absolute Gasteiger partial charge is 0.280 e. The largest absolute Gasteiger partial charge is 0.338 e. The molecule has 0 aliphatic carbocycles. The number of carbonyl (C=O) groups excluding carboxylic acids is 1. The van der Waals surface area contributed by atoms with Crippen LogP contribution in [-0.2, 0) is 0 Å². The number of benzene rings is 1. The standard InChI is InChI=1S/C20H17ClN6O2S/c21-17-7-6-16(30-17)20(28)26-10-8-14(9-11-26)27-12-15(23-25-27)19-22-18(24-29-19)13-4-2-1-3-5-13/h1-7,12,14H,8-11H2. The highest BCUT2D eigenvalue weighted by Gasteiger charge is 2.26. The van der Waals surface area contributed by atoms with Crippen LogP contribution in [0, 0.1) is 0 Å². The van der Waals surface area contributed by atoms with Gasteiger partial charge in [0.05, 0.1) is 21.5 Å². The highest BCUT2D eigenvalue weighted by atomic mass is 35.5. The molecular formula is C20H17ClN6O2S. The third kappa shape index (κ3) is 3.73. The average molecular weight is 441 g/mol. The second-order valence-corrected chi connectivity index (χ2v) is 8.72. The minimum Gasteiger partial charge on any atom is -0.338 e. The van der Waals surface area contributed by atoms with Crippen molar-refractivity contribution in [3.05, 3.63) is 57.9 Å². The molecule has 1 amide bonds. The van der Waals surface area contributed by atoms with Gasteiger partial charge in [0, 0.05) is 18.7 Å². The zero-order valence-corrected chi connectivity index (χ0v) is 17.4. The van der Waals surface area contributed by atoms with E-state index < -0.39 is 0 Å². The van der Waals surface area contributed by atoms with Gasteiger partial charge >= 0.3 is 0 Å². The van der Waals surface area contributed by atoms with Gasteiger partial charge in [-0.05, 0) is 25.0 Å². The van der Waals surface area contributed by atoms with Gasteiger partial charge in [0.15, 0.2) is 5.69 Å². The molecule has 30 heavy (non-hydrogen) atoms. The number of aromatic nitrogens is 5. The molecule has 10 heteroatoms. The molecule has 1 aliphatic heterocycles. The molecule has 3 aromatic heterocycles. The van der Waals surface area contributed by atoms with Gasteiger partial charge < -0.3 is 9.42 Å². The van der Waals surface area contributed by atoms with Crippen molar-refractivity contribution in [2.45, 2.75) is 18.9 Å². The number of hydrogen-bond donors (Lipinski definition) is 0. The second kappa shape index (κ2) is 8.00. The van der Waals surface area contributed by atoms with Gasteiger partial charge in [0.1, 0.15) is 0 Å². The lowest BCUT2D eigenvalue weighted by molar-refractivity contribution is 0.0694. The van der Waals surface area contributed by atoms with Gasteiger partial charge in [-0.15, -0.1) is 16.4 Å². The number of piperidine rings is 1. The van der Waals surface area contributed by atoms with Crippen molar-refractivity contribution in [1.29, 1.82) is 0 Å². The maximum absolute atomic E-state index is 12.6. The number of carbonyl (C=O) groups is 1. The molecule has 0 N–H and O–H groups in total. The molecule has 0 saturated carbocycles. The van der Waals surface area contributed by atoms with Crippen LogP contribution in [0.25, 0.3) is 23.0 Å². The number of hydrogen-bond acceptors (Lipinski definition) is 7. The molecule has 0 bridgehead atoms. The summed E-state index contributed by atoms with van der Waals surface area (Å²) in [6, 6.07) is 13.3. The Balaban J connectivity index is 1.25. The van der Waals surface area contributed by atoms with Crippen LogP contribution in [0.3, 0.4) is 0 Å². The fraction of sp³-hybridized carbons (Fsp3) is 0.250. The Morgan fingerprint density at radius 1 is 1.13 bits per heavy atom. The zero-order valence-electron chi connectivity index (χ0n) is 15.8. The van der Waals surface area contributed by atoms with E-state index in [9.17, 15) is 4.79 Å². The van der Waals surface area contributed by atoms with E-state index in [4.69, 9.17) is 16.1 Å². The first kappa shape index (κ1) is 19.0. The monoisotopic (exact) mass is 440 g/mol. The van der Waals surface area contributed by atoms with Gasteiger partial charge in [0.2, 0.25) is 5.82 Å². The van der Waals surface area contributed by atoms with E-state index in [-0.39, 0.29) is 11.9 Å². The van der Waals surface area contributed by atoms with E-state index in [1.807, 2.05) is 46.1 Å². The Morgan fingerprint density at radius 2 is 1.93 bits per heavy atom. The van der Waals surface area contributed by atoms with Crippen molar-refractivity contribution < 1.29 is 9.32 Å². The number of rotatable bonds is 4. The quantitative estimate of drug-likeness (QED) is 0.472. The maximum atomic E-state index is 12.6.